The molecule has 2 nitrogen and oxygen atoms in total. The number of esters is 1. The maximum absolute atomic E-state index is 10.7. The summed E-state index contributed by atoms with van der Waals surface area (Å²) in [5, 5.41) is 0. The fraction of sp³-hybridized carbons (Fsp3) is 0.833. The van der Waals surface area contributed by atoms with Crippen LogP contribution in [0.5, 0.6) is 0 Å². The summed E-state index contributed by atoms with van der Waals surface area (Å²) in [5.41, 5.74) is 0. The van der Waals surface area contributed by atoms with E-state index in [1.54, 1.807) is 0 Å². The molecule has 2 atom stereocenters. The summed E-state index contributed by atoms with van der Waals surface area (Å²) in [6, 6.07) is 0. The molecule has 0 bridgehead atoms. The molecule has 0 spiro atoms. The Morgan fingerprint density at radius 2 is 2.56 bits per heavy atom. The Labute approximate surface area is 68.1 Å². The zero-order valence-corrected chi connectivity index (χ0v) is 7.42. The van der Waals surface area contributed by atoms with Gasteiger partial charge in [0.1, 0.15) is 0 Å². The summed E-state index contributed by atoms with van der Waals surface area (Å²) in [4.78, 5) is 10.7. The molecule has 1 fully saturated rings. The fourth-order valence-corrected chi connectivity index (χ4v) is 1.83. The summed E-state index contributed by atoms with van der Waals surface area (Å²) in [6.45, 7) is 0. The Morgan fingerprint density at radius 3 is 2.89 bits per heavy atom. The lowest BCUT2D eigenvalue weighted by Gasteiger charge is -1.93. The van der Waals surface area contributed by atoms with Crippen molar-refractivity contribution in [2.24, 2.45) is 11.8 Å². The van der Waals surface area contributed by atoms with Gasteiger partial charge in [0.05, 0.1) is 13.0 Å². The standard InChI is InChI=1S/C6H9IO2/c1-9-6(8)5-2-4(5)3-7/h4-5H,2-3H2,1H3/t4-,5-/m1/s1. The molecule has 0 radical (unpaired) electrons. The third-order valence-corrected chi connectivity index (χ3v) is 2.76. The maximum Gasteiger partial charge on any atom is 0.308 e. The number of ether oxygens (including phenoxy) is 1. The van der Waals surface area contributed by atoms with E-state index < -0.39 is 0 Å². The van der Waals surface area contributed by atoms with Crippen LogP contribution in [0, 0.1) is 11.8 Å². The van der Waals surface area contributed by atoms with Crippen molar-refractivity contribution >= 4 is 28.6 Å². The van der Waals surface area contributed by atoms with Gasteiger partial charge in [-0.05, 0) is 12.3 Å². The van der Waals surface area contributed by atoms with Gasteiger partial charge in [0, 0.05) is 4.43 Å². The molecule has 9 heavy (non-hydrogen) atoms. The number of carbonyl (C=O) groups excluding carboxylic acids is 1. The van der Waals surface area contributed by atoms with Crippen LogP contribution in [-0.4, -0.2) is 17.5 Å². The number of hydrogen-bond donors (Lipinski definition) is 0. The monoisotopic (exact) mass is 240 g/mol. The molecule has 1 saturated carbocycles. The second-order valence-electron chi connectivity index (χ2n) is 2.28. The van der Waals surface area contributed by atoms with Gasteiger partial charge in [-0.15, -0.1) is 0 Å². The lowest BCUT2D eigenvalue weighted by atomic mass is 10.3. The Kier molecular flexibility index (Phi) is 2.32. The molecule has 0 unspecified atom stereocenters. The van der Waals surface area contributed by atoms with Crippen molar-refractivity contribution in [3.05, 3.63) is 0 Å². The van der Waals surface area contributed by atoms with Crippen molar-refractivity contribution in [1.82, 2.24) is 0 Å². The van der Waals surface area contributed by atoms with Gasteiger partial charge in [-0.25, -0.2) is 0 Å². The third kappa shape index (κ3) is 1.56. The van der Waals surface area contributed by atoms with Crippen LogP contribution in [0.2, 0.25) is 0 Å². The predicted molar refractivity (Wildman–Crippen MR) is 42.5 cm³/mol. The van der Waals surface area contributed by atoms with Crippen molar-refractivity contribution in [2.45, 2.75) is 6.42 Å². The Balaban J connectivity index is 2.25. The number of halogens is 1. The van der Waals surface area contributed by atoms with Crippen molar-refractivity contribution < 1.29 is 9.53 Å². The highest BCUT2D eigenvalue weighted by molar-refractivity contribution is 14.1. The summed E-state index contributed by atoms with van der Waals surface area (Å²) in [5.74, 6) is 0.807. The molecule has 0 N–H and O–H groups in total. The third-order valence-electron chi connectivity index (χ3n) is 1.62. The number of hydrogen-bond acceptors (Lipinski definition) is 2. The molecule has 3 heteroatoms. The highest BCUT2D eigenvalue weighted by Crippen LogP contribution is 2.40. The Bertz CT molecular complexity index is 124. The van der Waals surface area contributed by atoms with Crippen molar-refractivity contribution in [3.63, 3.8) is 0 Å². The van der Waals surface area contributed by atoms with Gasteiger partial charge in [-0.2, -0.15) is 0 Å². The molecule has 0 heterocycles. The first-order chi connectivity index (χ1) is 4.29. The van der Waals surface area contributed by atoms with Gasteiger partial charge in [-0.1, -0.05) is 22.6 Å². The normalized spacial score (nSPS) is 31.8. The van der Waals surface area contributed by atoms with Crippen LogP contribution in [-0.2, 0) is 9.53 Å². The number of methoxy groups -OCH3 is 1. The second-order valence-corrected chi connectivity index (χ2v) is 3.16. The summed E-state index contributed by atoms with van der Waals surface area (Å²) in [6.07, 6.45) is 1.04. The van der Waals surface area contributed by atoms with E-state index in [1.165, 1.54) is 7.11 Å². The first-order valence-corrected chi connectivity index (χ1v) is 4.46. The molecule has 0 aromatic carbocycles. The minimum absolute atomic E-state index is 0.0309. The van der Waals surface area contributed by atoms with Crippen LogP contribution in [0.4, 0.5) is 0 Å². The number of carbonyl (C=O) groups is 1. The van der Waals surface area contributed by atoms with E-state index in [9.17, 15) is 4.79 Å². The number of alkyl halides is 1. The zero-order valence-electron chi connectivity index (χ0n) is 5.26. The molecular formula is C6H9IO2. The minimum Gasteiger partial charge on any atom is -0.469 e. The molecule has 0 aromatic heterocycles. The summed E-state index contributed by atoms with van der Waals surface area (Å²) < 4.78 is 5.64. The van der Waals surface area contributed by atoms with Crippen molar-refractivity contribution in [1.29, 1.82) is 0 Å². The maximum atomic E-state index is 10.7. The van der Waals surface area contributed by atoms with Gasteiger partial charge in [0.2, 0.25) is 0 Å². The van der Waals surface area contributed by atoms with Crippen LogP contribution in [0.1, 0.15) is 6.42 Å². The van der Waals surface area contributed by atoms with E-state index >= 15 is 0 Å². The first kappa shape index (κ1) is 7.31. The molecule has 0 aliphatic heterocycles. The van der Waals surface area contributed by atoms with Gasteiger partial charge in [0.15, 0.2) is 0 Å². The van der Waals surface area contributed by atoms with E-state index in [4.69, 9.17) is 0 Å². The minimum atomic E-state index is -0.0309. The highest BCUT2D eigenvalue weighted by Gasteiger charge is 2.42. The van der Waals surface area contributed by atoms with Crippen LogP contribution >= 0.6 is 22.6 Å². The largest absolute Gasteiger partial charge is 0.469 e. The molecular weight excluding hydrogens is 231 g/mol. The Hall–Kier alpha value is 0.200. The summed E-state index contributed by atoms with van der Waals surface area (Å²) >= 11 is 2.30. The van der Waals surface area contributed by atoms with Gasteiger partial charge in [0.25, 0.3) is 0 Å². The van der Waals surface area contributed by atoms with E-state index in [1.807, 2.05) is 0 Å². The van der Waals surface area contributed by atoms with E-state index in [2.05, 4.69) is 27.3 Å². The quantitative estimate of drug-likeness (QED) is 0.412. The fourth-order valence-electron chi connectivity index (χ4n) is 0.858. The molecule has 0 amide bonds. The topological polar surface area (TPSA) is 26.3 Å². The van der Waals surface area contributed by atoms with Crippen LogP contribution in [0.25, 0.3) is 0 Å². The SMILES string of the molecule is COC(=O)[C@@H]1C[C@@H]1CI. The van der Waals surface area contributed by atoms with Gasteiger partial charge >= 0.3 is 5.97 Å². The Morgan fingerprint density at radius 1 is 1.89 bits per heavy atom. The number of rotatable bonds is 2. The molecule has 0 aromatic rings. The van der Waals surface area contributed by atoms with Gasteiger partial charge in [-0.3, -0.25) is 4.79 Å². The van der Waals surface area contributed by atoms with E-state index in [0.717, 1.165) is 10.8 Å². The van der Waals surface area contributed by atoms with E-state index in [-0.39, 0.29) is 11.9 Å². The lowest BCUT2D eigenvalue weighted by Crippen LogP contribution is -2.04. The van der Waals surface area contributed by atoms with Gasteiger partial charge < -0.3 is 4.74 Å². The predicted octanol–water partition coefficient (Wildman–Crippen LogP) is 1.23. The van der Waals surface area contributed by atoms with Crippen LogP contribution < -0.4 is 0 Å². The van der Waals surface area contributed by atoms with E-state index in [0.29, 0.717) is 5.92 Å². The van der Waals surface area contributed by atoms with Crippen LogP contribution in [0.15, 0.2) is 0 Å². The van der Waals surface area contributed by atoms with Crippen molar-refractivity contribution in [3.8, 4) is 0 Å². The van der Waals surface area contributed by atoms with Crippen molar-refractivity contribution in [2.75, 3.05) is 11.5 Å². The summed E-state index contributed by atoms with van der Waals surface area (Å²) in [7, 11) is 1.45. The molecule has 1 rings (SSSR count). The molecule has 52 valence electrons. The average molecular weight is 240 g/mol. The molecule has 0 saturated heterocycles. The lowest BCUT2D eigenvalue weighted by molar-refractivity contribution is -0.142. The zero-order chi connectivity index (χ0) is 6.85. The smallest absolute Gasteiger partial charge is 0.308 e. The first-order valence-electron chi connectivity index (χ1n) is 2.93. The highest BCUT2D eigenvalue weighted by atomic mass is 127. The van der Waals surface area contributed by atoms with Crippen LogP contribution in [0.3, 0.4) is 0 Å². The average Bonchev–Trinajstić information content (AvgIpc) is 2.64. The molecule has 1 aliphatic carbocycles. The molecule has 1 aliphatic rings. The second kappa shape index (κ2) is 2.86.